The van der Waals surface area contributed by atoms with E-state index in [0.29, 0.717) is 35.5 Å². The SMILES string of the molecule is CC(=N)NCCC[C@@H]1NC(=O)[C@H](C(C)C)NC(=O)[C@@H](Cc2ccc(OCCCNC(=O)C(CCC(=O)NCCCOc3ccc(C[C@H]4NC(=O)[C@H](CC(=O)O)NC(=O)CNC(=O)[C@H](CCCNC(=N)N)NC(=O)[C@H](C(C)C)NC4=O)cc3)NC(=O)c3ccc(N=[N+]=[Tc])nc3)cc2)NC(=O)[C@H](CC(=O)O)NC(=O)CNC1=O. The van der Waals surface area contributed by atoms with Crippen molar-refractivity contribution < 1.29 is 110 Å². The van der Waals surface area contributed by atoms with E-state index in [1.54, 1.807) is 94.9 Å². The molecule has 13 amide bonds. The maximum Gasteiger partial charge on any atom is 0.305 e. The zero-order valence-corrected chi connectivity index (χ0v) is 63.8. The Hall–Kier alpha value is -11.9. The largest absolute Gasteiger partial charge is 0.481 e. The van der Waals surface area contributed by atoms with Gasteiger partial charge in [-0.2, -0.15) is 0 Å². The number of hydrogen-bond acceptors (Lipinski definition) is 21. The Labute approximate surface area is 648 Å². The number of guanidine groups is 1. The standard InChI is InChI=1S/C70H98N21O19.Tc/c1-37(2)58-68(107)85-45(10-6-24-75-39(5)71)62(101)80-35-54(93)82-50(32-56(95)96)64(103)88-49(66(105)89-58)31-41-14-19-44(20-15-41)110-29-9-27-77-61(100)47(84-60(99)42-16-22-52(91-74)79-34-42)21-23-53(92)76-26-8-28-109-43-17-12-40(13-18-43)30-48-67(106)90-59(38(3)4)69(108)86-46(11-7-25-78-70(72)73)63(102)81-36-55(94)83-51(33-57(97)98)65(104)87-48;/h12-20,22,34,37-38,45-51,58-59H,6-11,21,23-33,35-36H2,1-5H3,(H2,71,75)(H,76,92)(H,77,100)(H,80,101)(H,81,102)(H,82,93)(H,83,94)(H,84,99)(H,85,107)(H,86,108)(H,87,104)(H,88,103)(H,89,105)(H,90,106)(H,95,96)(H,97,98)(H4,72,73,78);/q-1;+2/t45-,46-,47?,48+,49+,50-,51-,58-,59-;/m0./s1. The second-order valence-electron chi connectivity index (χ2n) is 26.6. The van der Waals surface area contributed by atoms with E-state index >= 15 is 0 Å². The van der Waals surface area contributed by atoms with Crippen molar-refractivity contribution in [1.82, 2.24) is 88.1 Å². The maximum absolute atomic E-state index is 14.2. The van der Waals surface area contributed by atoms with Gasteiger partial charge in [-0.3, -0.25) is 73.1 Å². The van der Waals surface area contributed by atoms with Crippen molar-refractivity contribution in [2.24, 2.45) is 22.7 Å². The summed E-state index contributed by atoms with van der Waals surface area (Å²) in [4.78, 5) is 204. The summed E-state index contributed by atoms with van der Waals surface area (Å²) in [5.74, 6) is -13.6. The molecule has 21 N–H and O–H groups in total. The van der Waals surface area contributed by atoms with E-state index in [-0.39, 0.29) is 114 Å². The number of nitrogens with two attached hydrogens (primary N) is 1. The van der Waals surface area contributed by atoms with Crippen molar-refractivity contribution in [3.05, 3.63) is 83.6 Å². The quantitative estimate of drug-likeness (QED) is 0.00881. The van der Waals surface area contributed by atoms with Crippen molar-refractivity contribution in [3.8, 4) is 11.5 Å². The number of aliphatic carboxylic acids is 2. The topological polar surface area (TPSA) is 608 Å². The summed E-state index contributed by atoms with van der Waals surface area (Å²) in [5.41, 5.74) is 6.40. The Kier molecular flexibility index (Phi) is 37.6. The van der Waals surface area contributed by atoms with Crippen LogP contribution < -0.4 is 98.4 Å². The number of carbonyl (C=O) groups excluding carboxylic acids is 13. The molecule has 0 bridgehead atoms. The number of ether oxygens (including phenoxy) is 2. The summed E-state index contributed by atoms with van der Waals surface area (Å²) in [6, 6.07) is 3.17. The second-order valence-corrected chi connectivity index (χ2v) is 27.0. The van der Waals surface area contributed by atoms with E-state index in [0.717, 1.165) is 0 Å². The van der Waals surface area contributed by atoms with Crippen LogP contribution in [0.25, 0.3) is 0 Å². The van der Waals surface area contributed by atoms with Crippen molar-refractivity contribution in [3.63, 3.8) is 0 Å². The minimum absolute atomic E-state index is 0.0146. The zero-order valence-electron chi connectivity index (χ0n) is 62.0. The molecule has 603 valence electrons. The molecular formula is C70H98N21O19Tc+. The Balaban J connectivity index is 1.18. The first-order valence-electron chi connectivity index (χ1n) is 35.8. The van der Waals surface area contributed by atoms with Crippen molar-refractivity contribution >= 4 is 106 Å². The van der Waals surface area contributed by atoms with Gasteiger partial charge in [-0.05, 0) is 92.7 Å². The summed E-state index contributed by atoms with van der Waals surface area (Å²) >= 11 is 1.67. The van der Waals surface area contributed by atoms with E-state index in [1.807, 2.05) is 0 Å². The van der Waals surface area contributed by atoms with Crippen LogP contribution in [0.5, 0.6) is 11.5 Å². The predicted molar refractivity (Wildman–Crippen MR) is 391 cm³/mol. The van der Waals surface area contributed by atoms with Crippen LogP contribution in [0.1, 0.15) is 120 Å². The first-order valence-corrected chi connectivity index (χ1v) is 36.7. The van der Waals surface area contributed by atoms with Crippen LogP contribution in [0.4, 0.5) is 5.82 Å². The number of benzene rings is 2. The molecule has 0 aliphatic carbocycles. The smallest absolute Gasteiger partial charge is 0.305 e. The van der Waals surface area contributed by atoms with E-state index in [2.05, 4.69) is 93.3 Å². The fraction of sp³-hybridized carbons (Fsp3) is 0.514. The monoisotopic (exact) mass is 1630 g/mol. The summed E-state index contributed by atoms with van der Waals surface area (Å²) in [6.45, 7) is 7.50. The molecular weight excluding hydrogens is 1540 g/mol. The molecule has 1 aromatic heterocycles. The minimum Gasteiger partial charge on any atom is -0.481 e. The molecule has 2 aliphatic heterocycles. The van der Waals surface area contributed by atoms with Crippen LogP contribution in [-0.4, -0.2) is 223 Å². The van der Waals surface area contributed by atoms with Gasteiger partial charge in [-0.15, -0.1) is 0 Å². The summed E-state index contributed by atoms with van der Waals surface area (Å²) < 4.78 is 15.5. The summed E-state index contributed by atoms with van der Waals surface area (Å²) in [5, 5.41) is 76.8. The molecule has 2 fully saturated rings. The van der Waals surface area contributed by atoms with Gasteiger partial charge in [-0.25, -0.2) is 0 Å². The number of carbonyl (C=O) groups is 15. The van der Waals surface area contributed by atoms with Gasteiger partial charge in [0.2, 0.25) is 59.1 Å². The molecule has 0 spiro atoms. The molecule has 0 radical (unpaired) electrons. The molecule has 2 saturated heterocycles. The van der Waals surface area contributed by atoms with Gasteiger partial charge in [0, 0.05) is 32.5 Å². The third kappa shape index (κ3) is 32.9. The number of nitrogens with one attached hydrogen (secondary N) is 17. The third-order valence-corrected chi connectivity index (χ3v) is 17.1. The van der Waals surface area contributed by atoms with E-state index in [4.69, 9.17) is 26.0 Å². The number of carboxylic acids is 2. The second kappa shape index (κ2) is 46.5. The Morgan fingerprint density at radius 2 is 0.991 bits per heavy atom. The van der Waals surface area contributed by atoms with Crippen LogP contribution in [0.15, 0.2) is 72.0 Å². The summed E-state index contributed by atoms with van der Waals surface area (Å²) in [7, 11) is 0. The fourth-order valence-electron chi connectivity index (χ4n) is 11.0. The molecule has 1 unspecified atom stereocenters. The first kappa shape index (κ1) is 89.8. The predicted octanol–water partition coefficient (Wildman–Crippen LogP) is -3.87. The minimum atomic E-state index is -1.69. The number of aromatic nitrogens is 1. The average Bonchev–Trinajstić information content (AvgIpc) is 1.86. The van der Waals surface area contributed by atoms with Gasteiger partial charge in [0.25, 0.3) is 0 Å². The van der Waals surface area contributed by atoms with Crippen molar-refractivity contribution in [1.29, 1.82) is 10.8 Å². The van der Waals surface area contributed by atoms with E-state index in [9.17, 15) is 82.1 Å². The van der Waals surface area contributed by atoms with E-state index in [1.165, 1.54) is 25.3 Å². The molecule has 5 rings (SSSR count). The molecule has 3 aromatic rings. The maximum atomic E-state index is 14.2. The van der Waals surface area contributed by atoms with Crippen molar-refractivity contribution in [2.75, 3.05) is 52.5 Å². The number of hydrogen-bond donors (Lipinski definition) is 20. The van der Waals surface area contributed by atoms with Crippen LogP contribution in [0.3, 0.4) is 0 Å². The van der Waals surface area contributed by atoms with E-state index < -0.39 is 181 Å². The number of pyridine rings is 1. The molecule has 2 aromatic carbocycles. The van der Waals surface area contributed by atoms with Gasteiger partial charge in [0.15, 0.2) is 5.96 Å². The van der Waals surface area contributed by atoms with Crippen LogP contribution in [-0.2, 0) is 98.7 Å². The normalized spacial score (nSPS) is 19.9. The van der Waals surface area contributed by atoms with Gasteiger partial charge < -0.3 is 94.5 Å². The first-order chi connectivity index (χ1) is 52.8. The van der Waals surface area contributed by atoms with Gasteiger partial charge in [-0.1, -0.05) is 52.0 Å². The number of amidine groups is 1. The fourth-order valence-corrected chi connectivity index (χ4v) is 11.2. The molecule has 3 heterocycles. The van der Waals surface area contributed by atoms with Gasteiger partial charge in [0.1, 0.15) is 59.8 Å². The Morgan fingerprint density at radius 3 is 1.41 bits per heavy atom. The van der Waals surface area contributed by atoms with Gasteiger partial charge >= 0.3 is 137 Å². The van der Waals surface area contributed by atoms with Crippen molar-refractivity contribution in [2.45, 2.75) is 166 Å². The van der Waals surface area contributed by atoms with Crippen LogP contribution >= 0.6 is 0 Å². The molecule has 41 heteroatoms. The number of rotatable bonds is 35. The number of carboxylic acid groups (broad SMARTS) is 2. The molecule has 2 aliphatic rings. The summed E-state index contributed by atoms with van der Waals surface area (Å²) in [6.07, 6.45) is -0.116. The van der Waals surface area contributed by atoms with Crippen LogP contribution in [0.2, 0.25) is 0 Å². The Bertz CT molecular complexity index is 3860. The molecule has 111 heavy (non-hydrogen) atoms. The molecule has 0 saturated carbocycles. The van der Waals surface area contributed by atoms with Gasteiger partial charge in [0.05, 0.1) is 45.0 Å². The van der Waals surface area contributed by atoms with Crippen LogP contribution in [0, 0.1) is 22.7 Å². The zero-order chi connectivity index (χ0) is 81.7. The average molecular weight is 1640 g/mol. The number of nitrogens with zero attached hydrogens (tertiary/aromatic N) is 3. The Morgan fingerprint density at radius 1 is 0.559 bits per heavy atom. The molecule has 9 atom stereocenters. The number of amides is 13. The third-order valence-electron chi connectivity index (χ3n) is 16.9. The molecule has 40 nitrogen and oxygen atoms in total.